The number of thioether (sulfide) groups is 1. The Hall–Kier alpha value is -2.96. The van der Waals surface area contributed by atoms with Crippen molar-refractivity contribution < 1.29 is 19.1 Å². The lowest BCUT2D eigenvalue weighted by molar-refractivity contribution is -0.113. The van der Waals surface area contributed by atoms with Crippen molar-refractivity contribution >= 4 is 57.2 Å². The van der Waals surface area contributed by atoms with Crippen molar-refractivity contribution in [3.05, 3.63) is 45.0 Å². The van der Waals surface area contributed by atoms with Crippen LogP contribution in [0.1, 0.15) is 50.2 Å². The van der Waals surface area contributed by atoms with Crippen LogP contribution in [-0.2, 0) is 16.1 Å². The summed E-state index contributed by atoms with van der Waals surface area (Å²) in [5, 5.41) is 14.3. The van der Waals surface area contributed by atoms with Crippen LogP contribution in [0.2, 0.25) is 0 Å². The van der Waals surface area contributed by atoms with Crippen LogP contribution in [-0.4, -0.2) is 64.4 Å². The Morgan fingerprint density at radius 2 is 2.03 bits per heavy atom. The van der Waals surface area contributed by atoms with Crippen LogP contribution >= 0.6 is 34.4 Å². The highest BCUT2D eigenvalue weighted by Crippen LogP contribution is 2.35. The van der Waals surface area contributed by atoms with Gasteiger partial charge in [0.1, 0.15) is 5.00 Å². The van der Waals surface area contributed by atoms with Gasteiger partial charge in [-0.2, -0.15) is 0 Å². The lowest BCUT2D eigenvalue weighted by Crippen LogP contribution is -2.21. The van der Waals surface area contributed by atoms with E-state index in [4.69, 9.17) is 4.74 Å². The fraction of sp³-hybridized carbons (Fsp3) is 0.375. The van der Waals surface area contributed by atoms with E-state index in [9.17, 15) is 14.4 Å². The second-order valence-electron chi connectivity index (χ2n) is 8.39. The molecule has 9 nitrogen and oxygen atoms in total. The first-order chi connectivity index (χ1) is 17.1. The SMILES string of the molecule is C=CCn1c(SCC(=O)Nc2sc(C(=O)N(C)C)c(C)c2C(=O)OC)nnc1-c1csc(C(C)C)c1. The maximum Gasteiger partial charge on any atom is 0.341 e. The number of hydrogen-bond acceptors (Lipinski definition) is 9. The lowest BCUT2D eigenvalue weighted by atomic mass is 10.1. The number of aromatic nitrogens is 3. The van der Waals surface area contributed by atoms with Gasteiger partial charge in [0.05, 0.1) is 23.3 Å². The maximum absolute atomic E-state index is 12.8. The molecule has 0 spiro atoms. The number of anilines is 1. The van der Waals surface area contributed by atoms with Crippen molar-refractivity contribution in [1.82, 2.24) is 19.7 Å². The Labute approximate surface area is 222 Å². The van der Waals surface area contributed by atoms with Crippen molar-refractivity contribution in [2.24, 2.45) is 0 Å². The summed E-state index contributed by atoms with van der Waals surface area (Å²) in [5.74, 6) is -0.0447. The van der Waals surface area contributed by atoms with Crippen molar-refractivity contribution in [2.45, 2.75) is 38.4 Å². The molecule has 192 valence electrons. The molecule has 0 unspecified atom stereocenters. The normalized spacial score (nSPS) is 11.0. The number of nitrogens with zero attached hydrogens (tertiary/aromatic N) is 4. The summed E-state index contributed by atoms with van der Waals surface area (Å²) in [6.07, 6.45) is 1.76. The van der Waals surface area contributed by atoms with Gasteiger partial charge in [-0.25, -0.2) is 4.79 Å². The zero-order valence-corrected chi connectivity index (χ0v) is 23.5. The molecule has 3 aromatic heterocycles. The number of allylic oxidation sites excluding steroid dienone is 1. The molecule has 0 aromatic carbocycles. The number of carbonyl (C=O) groups excluding carboxylic acids is 3. The molecule has 0 aliphatic rings. The van der Waals surface area contributed by atoms with Gasteiger partial charge >= 0.3 is 5.97 Å². The van der Waals surface area contributed by atoms with Crippen LogP contribution in [0.3, 0.4) is 0 Å². The number of rotatable bonds is 10. The molecule has 36 heavy (non-hydrogen) atoms. The molecule has 12 heteroatoms. The summed E-state index contributed by atoms with van der Waals surface area (Å²) in [4.78, 5) is 40.8. The number of nitrogens with one attached hydrogen (secondary N) is 1. The third kappa shape index (κ3) is 5.88. The minimum absolute atomic E-state index is 0.0324. The largest absolute Gasteiger partial charge is 0.465 e. The number of carbonyl (C=O) groups is 3. The Balaban J connectivity index is 1.80. The molecule has 1 N–H and O–H groups in total. The van der Waals surface area contributed by atoms with E-state index in [1.807, 2.05) is 4.57 Å². The van der Waals surface area contributed by atoms with Gasteiger partial charge in [-0.3, -0.25) is 14.2 Å². The van der Waals surface area contributed by atoms with Gasteiger partial charge in [0, 0.05) is 36.5 Å². The van der Waals surface area contributed by atoms with Crippen LogP contribution < -0.4 is 5.32 Å². The molecule has 0 fully saturated rings. The molecule has 3 heterocycles. The van der Waals surface area contributed by atoms with E-state index < -0.39 is 5.97 Å². The molecule has 0 bridgehead atoms. The Bertz CT molecular complexity index is 1290. The van der Waals surface area contributed by atoms with Crippen molar-refractivity contribution in [1.29, 1.82) is 0 Å². The van der Waals surface area contributed by atoms with E-state index in [1.165, 1.54) is 28.6 Å². The van der Waals surface area contributed by atoms with E-state index in [0.717, 1.165) is 22.7 Å². The molecule has 0 radical (unpaired) electrons. The number of amides is 2. The molecule has 0 aliphatic carbocycles. The molecule has 0 saturated heterocycles. The van der Waals surface area contributed by atoms with Crippen molar-refractivity contribution in [3.63, 3.8) is 0 Å². The van der Waals surface area contributed by atoms with Gasteiger partial charge < -0.3 is 15.0 Å². The predicted octanol–water partition coefficient (Wildman–Crippen LogP) is 4.91. The maximum atomic E-state index is 12.8. The molecular formula is C24H29N5O4S3. The topological polar surface area (TPSA) is 106 Å². The number of hydrogen-bond donors (Lipinski definition) is 1. The minimum atomic E-state index is -0.614. The second-order valence-corrected chi connectivity index (χ2v) is 11.3. The standard InChI is InChI=1S/C24H29N5O4S3/c1-8-9-29-20(15-10-16(13(2)3)34-11-15)26-27-24(29)35-12-17(30)25-21-18(23(32)33-7)14(4)19(36-21)22(31)28(5)6/h8,10-11,13H,1,9,12H2,2-7H3,(H,25,30). The van der Waals surface area contributed by atoms with Gasteiger partial charge in [-0.05, 0) is 24.5 Å². The van der Waals surface area contributed by atoms with Gasteiger partial charge in [-0.1, -0.05) is 31.7 Å². The monoisotopic (exact) mass is 547 g/mol. The average Bonchev–Trinajstić information content (AvgIpc) is 3.54. The van der Waals surface area contributed by atoms with E-state index >= 15 is 0 Å². The predicted molar refractivity (Wildman–Crippen MR) is 145 cm³/mol. The molecule has 2 amide bonds. The van der Waals surface area contributed by atoms with Crippen LogP contribution in [0.4, 0.5) is 5.00 Å². The first kappa shape index (κ1) is 27.6. The first-order valence-electron chi connectivity index (χ1n) is 11.1. The third-order valence-electron chi connectivity index (χ3n) is 5.20. The van der Waals surface area contributed by atoms with Crippen LogP contribution in [0.5, 0.6) is 0 Å². The van der Waals surface area contributed by atoms with E-state index in [-0.39, 0.29) is 28.1 Å². The highest BCUT2D eigenvalue weighted by Gasteiger charge is 2.27. The van der Waals surface area contributed by atoms with E-state index in [2.05, 4.69) is 47.4 Å². The number of ether oxygens (including phenoxy) is 1. The molecule has 0 saturated carbocycles. The Kier molecular flexibility index (Phi) is 9.09. The quantitative estimate of drug-likeness (QED) is 0.218. The Morgan fingerprint density at radius 3 is 2.61 bits per heavy atom. The van der Waals surface area contributed by atoms with Crippen molar-refractivity contribution in [3.8, 4) is 11.4 Å². The molecule has 0 aliphatic heterocycles. The molecule has 0 atom stereocenters. The average molecular weight is 548 g/mol. The third-order valence-corrected chi connectivity index (χ3v) is 8.59. The summed E-state index contributed by atoms with van der Waals surface area (Å²) in [7, 11) is 4.51. The van der Waals surface area contributed by atoms with Gasteiger partial charge in [0.2, 0.25) is 5.91 Å². The summed E-state index contributed by atoms with van der Waals surface area (Å²) < 4.78 is 6.80. The summed E-state index contributed by atoms with van der Waals surface area (Å²) >= 11 is 3.97. The second kappa shape index (κ2) is 11.8. The fourth-order valence-corrected chi connectivity index (χ4v) is 6.21. The summed E-state index contributed by atoms with van der Waals surface area (Å²) in [6, 6.07) is 2.11. The van der Waals surface area contributed by atoms with Crippen LogP contribution in [0, 0.1) is 6.92 Å². The first-order valence-corrected chi connectivity index (χ1v) is 13.8. The van der Waals surface area contributed by atoms with Crippen molar-refractivity contribution in [2.75, 3.05) is 32.3 Å². The summed E-state index contributed by atoms with van der Waals surface area (Å²) in [6.45, 7) is 10.3. The molecule has 3 rings (SSSR count). The van der Waals surface area contributed by atoms with Crippen LogP contribution in [0.15, 0.2) is 29.3 Å². The van der Waals surface area contributed by atoms with E-state index in [0.29, 0.717) is 28.1 Å². The Morgan fingerprint density at radius 1 is 1.31 bits per heavy atom. The number of thiophene rings is 2. The minimum Gasteiger partial charge on any atom is -0.465 e. The highest BCUT2D eigenvalue weighted by molar-refractivity contribution is 7.99. The molecular weight excluding hydrogens is 518 g/mol. The van der Waals surface area contributed by atoms with E-state index in [1.54, 1.807) is 38.4 Å². The van der Waals surface area contributed by atoms with Gasteiger partial charge in [0.15, 0.2) is 11.0 Å². The van der Waals surface area contributed by atoms with Crippen LogP contribution in [0.25, 0.3) is 11.4 Å². The zero-order chi connectivity index (χ0) is 26.6. The van der Waals surface area contributed by atoms with Gasteiger partial charge in [-0.15, -0.1) is 39.4 Å². The smallest absolute Gasteiger partial charge is 0.341 e. The summed E-state index contributed by atoms with van der Waals surface area (Å²) in [5.41, 5.74) is 1.63. The lowest BCUT2D eigenvalue weighted by Gasteiger charge is -2.08. The zero-order valence-electron chi connectivity index (χ0n) is 21.1. The highest BCUT2D eigenvalue weighted by atomic mass is 32.2. The number of esters is 1. The molecule has 3 aromatic rings. The van der Waals surface area contributed by atoms with Gasteiger partial charge in [0.25, 0.3) is 5.91 Å². The fourth-order valence-electron chi connectivity index (χ4n) is 3.32. The number of methoxy groups -OCH3 is 1.